The Morgan fingerprint density at radius 1 is 1.23 bits per heavy atom. The molecular formula is C18H22N6O2. The van der Waals surface area contributed by atoms with E-state index < -0.39 is 0 Å². The van der Waals surface area contributed by atoms with E-state index in [1.165, 1.54) is 0 Å². The minimum atomic E-state index is 0.0343. The molecule has 1 amide bonds. The maximum atomic E-state index is 12.7. The van der Waals surface area contributed by atoms with Crippen LogP contribution in [0.1, 0.15) is 21.6 Å². The van der Waals surface area contributed by atoms with Gasteiger partial charge in [-0.25, -0.2) is 15.0 Å². The molecule has 136 valence electrons. The van der Waals surface area contributed by atoms with Gasteiger partial charge in [-0.2, -0.15) is 0 Å². The van der Waals surface area contributed by atoms with Gasteiger partial charge in [-0.1, -0.05) is 0 Å². The third kappa shape index (κ3) is 3.32. The Balaban J connectivity index is 1.41. The molecule has 2 aromatic rings. The molecule has 1 saturated heterocycles. The average molecular weight is 354 g/mol. The summed E-state index contributed by atoms with van der Waals surface area (Å²) in [4.78, 5) is 30.1. The predicted molar refractivity (Wildman–Crippen MR) is 97.3 cm³/mol. The summed E-state index contributed by atoms with van der Waals surface area (Å²) in [6.45, 7) is 4.07. The summed E-state index contributed by atoms with van der Waals surface area (Å²) in [7, 11) is 1.79. The monoisotopic (exact) mass is 354 g/mol. The maximum absolute atomic E-state index is 12.7. The number of rotatable bonds is 3. The van der Waals surface area contributed by atoms with Gasteiger partial charge in [0.2, 0.25) is 5.95 Å². The van der Waals surface area contributed by atoms with E-state index in [0.717, 1.165) is 36.7 Å². The van der Waals surface area contributed by atoms with Crippen LogP contribution in [0.15, 0.2) is 24.5 Å². The summed E-state index contributed by atoms with van der Waals surface area (Å²) >= 11 is 0. The number of nitrogens with zero attached hydrogens (tertiary/aromatic N) is 5. The van der Waals surface area contributed by atoms with Crippen molar-refractivity contribution in [3.8, 4) is 0 Å². The number of aromatic nitrogens is 3. The Morgan fingerprint density at radius 2 is 2.08 bits per heavy atom. The lowest BCUT2D eigenvalue weighted by molar-refractivity contribution is 0.0746. The molecule has 8 heteroatoms. The fourth-order valence-electron chi connectivity index (χ4n) is 3.26. The van der Waals surface area contributed by atoms with Crippen LogP contribution in [0.25, 0.3) is 0 Å². The van der Waals surface area contributed by atoms with Crippen LogP contribution in [-0.2, 0) is 17.8 Å². The van der Waals surface area contributed by atoms with E-state index in [2.05, 4.69) is 20.2 Å². The Labute approximate surface area is 152 Å². The van der Waals surface area contributed by atoms with E-state index in [0.29, 0.717) is 37.7 Å². The van der Waals surface area contributed by atoms with Gasteiger partial charge in [-0.05, 0) is 12.1 Å². The molecular weight excluding hydrogens is 332 g/mol. The predicted octanol–water partition coefficient (Wildman–Crippen LogP) is 0.948. The first kappa shape index (κ1) is 16.7. The van der Waals surface area contributed by atoms with Crippen molar-refractivity contribution >= 4 is 17.7 Å². The Morgan fingerprint density at radius 3 is 2.88 bits per heavy atom. The number of hydrogen-bond donors (Lipinski definition) is 1. The van der Waals surface area contributed by atoms with Crippen LogP contribution < -0.4 is 10.2 Å². The SMILES string of the molecule is CNc1cc(C(=O)N2CCN(c3ncc4c(n3)CCOC4)CC2)ccn1. The first-order chi connectivity index (χ1) is 12.7. The Bertz CT molecular complexity index is 804. The highest BCUT2D eigenvalue weighted by Gasteiger charge is 2.24. The van der Waals surface area contributed by atoms with Crippen molar-refractivity contribution in [3.63, 3.8) is 0 Å². The summed E-state index contributed by atoms with van der Waals surface area (Å²) < 4.78 is 5.43. The van der Waals surface area contributed by atoms with Gasteiger partial charge >= 0.3 is 0 Å². The van der Waals surface area contributed by atoms with Gasteiger partial charge in [0.1, 0.15) is 5.82 Å². The number of hydrogen-bond acceptors (Lipinski definition) is 7. The van der Waals surface area contributed by atoms with Crippen molar-refractivity contribution < 1.29 is 9.53 Å². The topological polar surface area (TPSA) is 83.5 Å². The van der Waals surface area contributed by atoms with Gasteiger partial charge in [0.25, 0.3) is 5.91 Å². The number of pyridine rings is 1. The molecule has 4 heterocycles. The maximum Gasteiger partial charge on any atom is 0.254 e. The van der Waals surface area contributed by atoms with Crippen LogP contribution in [-0.4, -0.2) is 65.6 Å². The quantitative estimate of drug-likeness (QED) is 0.878. The van der Waals surface area contributed by atoms with Crippen LogP contribution in [0.5, 0.6) is 0 Å². The molecule has 1 fully saturated rings. The van der Waals surface area contributed by atoms with Crippen molar-refractivity contribution in [2.75, 3.05) is 50.1 Å². The molecule has 2 aliphatic rings. The van der Waals surface area contributed by atoms with E-state index in [-0.39, 0.29) is 5.91 Å². The molecule has 0 aromatic carbocycles. The van der Waals surface area contributed by atoms with Crippen LogP contribution >= 0.6 is 0 Å². The average Bonchev–Trinajstić information content (AvgIpc) is 2.73. The van der Waals surface area contributed by atoms with Gasteiger partial charge in [-0.15, -0.1) is 0 Å². The zero-order valence-corrected chi connectivity index (χ0v) is 14.8. The number of anilines is 2. The Hall–Kier alpha value is -2.74. The van der Waals surface area contributed by atoms with Crippen molar-refractivity contribution in [1.82, 2.24) is 19.9 Å². The number of amides is 1. The molecule has 0 aliphatic carbocycles. The lowest BCUT2D eigenvalue weighted by Gasteiger charge is -2.35. The highest BCUT2D eigenvalue weighted by molar-refractivity contribution is 5.95. The first-order valence-corrected chi connectivity index (χ1v) is 8.85. The third-order valence-electron chi connectivity index (χ3n) is 4.80. The molecule has 0 saturated carbocycles. The van der Waals surface area contributed by atoms with Crippen LogP contribution in [0.2, 0.25) is 0 Å². The number of carbonyl (C=O) groups is 1. The third-order valence-corrected chi connectivity index (χ3v) is 4.80. The fourth-order valence-corrected chi connectivity index (χ4v) is 3.26. The van der Waals surface area contributed by atoms with Gasteiger partial charge in [-0.3, -0.25) is 4.79 Å². The summed E-state index contributed by atoms with van der Waals surface area (Å²) in [6.07, 6.45) is 4.35. The summed E-state index contributed by atoms with van der Waals surface area (Å²) in [5.41, 5.74) is 2.81. The molecule has 2 aromatic heterocycles. The lowest BCUT2D eigenvalue weighted by Crippen LogP contribution is -2.49. The highest BCUT2D eigenvalue weighted by Crippen LogP contribution is 2.19. The molecule has 4 rings (SSSR count). The summed E-state index contributed by atoms with van der Waals surface area (Å²) in [5, 5.41) is 2.96. The molecule has 0 radical (unpaired) electrons. The molecule has 0 atom stereocenters. The number of ether oxygens (including phenoxy) is 1. The van der Waals surface area contributed by atoms with E-state index in [1.54, 1.807) is 25.4 Å². The summed E-state index contributed by atoms with van der Waals surface area (Å²) in [6, 6.07) is 3.54. The molecule has 0 bridgehead atoms. The van der Waals surface area contributed by atoms with Crippen molar-refractivity contribution in [1.29, 1.82) is 0 Å². The summed E-state index contributed by atoms with van der Waals surface area (Å²) in [5.74, 6) is 1.48. The zero-order valence-electron chi connectivity index (χ0n) is 14.8. The zero-order chi connectivity index (χ0) is 17.9. The van der Waals surface area contributed by atoms with Gasteiger partial charge in [0.15, 0.2) is 0 Å². The fraction of sp³-hybridized carbons (Fsp3) is 0.444. The van der Waals surface area contributed by atoms with E-state index in [4.69, 9.17) is 9.72 Å². The molecule has 2 aliphatic heterocycles. The van der Waals surface area contributed by atoms with Gasteiger partial charge < -0.3 is 19.9 Å². The molecule has 8 nitrogen and oxygen atoms in total. The number of nitrogens with one attached hydrogen (secondary N) is 1. The van der Waals surface area contributed by atoms with Crippen molar-refractivity contribution in [2.24, 2.45) is 0 Å². The van der Waals surface area contributed by atoms with Crippen LogP contribution in [0, 0.1) is 0 Å². The minimum Gasteiger partial charge on any atom is -0.376 e. The second-order valence-electron chi connectivity index (χ2n) is 6.40. The van der Waals surface area contributed by atoms with Crippen molar-refractivity contribution in [3.05, 3.63) is 41.3 Å². The molecule has 0 spiro atoms. The number of carbonyl (C=O) groups excluding carboxylic acids is 1. The number of piperazine rings is 1. The second-order valence-corrected chi connectivity index (χ2v) is 6.40. The first-order valence-electron chi connectivity index (χ1n) is 8.85. The highest BCUT2D eigenvalue weighted by atomic mass is 16.5. The van der Waals surface area contributed by atoms with Gasteiger partial charge in [0.05, 0.1) is 18.9 Å². The standard InChI is InChI=1S/C18H22N6O2/c1-19-16-10-13(2-4-20-16)17(25)23-5-7-24(8-6-23)18-21-11-14-12-26-9-3-15(14)22-18/h2,4,10-11H,3,5-9,12H2,1H3,(H,19,20). The van der Waals surface area contributed by atoms with Crippen LogP contribution in [0.4, 0.5) is 11.8 Å². The Kier molecular flexibility index (Phi) is 4.66. The lowest BCUT2D eigenvalue weighted by atomic mass is 10.1. The smallest absolute Gasteiger partial charge is 0.254 e. The van der Waals surface area contributed by atoms with Crippen molar-refractivity contribution in [2.45, 2.75) is 13.0 Å². The van der Waals surface area contributed by atoms with E-state index >= 15 is 0 Å². The molecule has 0 unspecified atom stereocenters. The molecule has 1 N–H and O–H groups in total. The van der Waals surface area contributed by atoms with E-state index in [1.807, 2.05) is 11.1 Å². The van der Waals surface area contributed by atoms with Crippen LogP contribution in [0.3, 0.4) is 0 Å². The largest absolute Gasteiger partial charge is 0.376 e. The minimum absolute atomic E-state index is 0.0343. The number of fused-ring (bicyclic) bond motifs is 1. The van der Waals surface area contributed by atoms with E-state index in [9.17, 15) is 4.79 Å². The normalized spacial score (nSPS) is 17.0. The molecule has 26 heavy (non-hydrogen) atoms. The second kappa shape index (κ2) is 7.25. The van der Waals surface area contributed by atoms with Gasteiger partial charge in [0, 0.05) is 63.2 Å².